The zero-order chi connectivity index (χ0) is 13.7. The highest BCUT2D eigenvalue weighted by Gasteiger charge is 2.21. The van der Waals surface area contributed by atoms with Crippen LogP contribution >= 0.6 is 15.9 Å². The first-order valence-corrected chi connectivity index (χ1v) is 7.67. The van der Waals surface area contributed by atoms with Gasteiger partial charge in [0.1, 0.15) is 5.82 Å². The SMILES string of the molecule is CCNCc1cc(Br)cnc1N(C)C1CCOCC1. The third-order valence-corrected chi connectivity index (χ3v) is 3.98. The van der Waals surface area contributed by atoms with E-state index < -0.39 is 0 Å². The highest BCUT2D eigenvalue weighted by Crippen LogP contribution is 2.25. The number of rotatable bonds is 5. The van der Waals surface area contributed by atoms with Gasteiger partial charge in [0.15, 0.2) is 0 Å². The maximum atomic E-state index is 5.43. The quantitative estimate of drug-likeness (QED) is 0.901. The summed E-state index contributed by atoms with van der Waals surface area (Å²) >= 11 is 3.50. The molecule has 2 heterocycles. The standard InChI is InChI=1S/C14H22BrN3O/c1-3-16-9-11-8-12(15)10-17-14(11)18(2)13-4-6-19-7-5-13/h8,10,13,16H,3-7,9H2,1-2H3. The molecule has 19 heavy (non-hydrogen) atoms. The Balaban J connectivity index is 2.16. The molecule has 1 aromatic rings. The Kier molecular flexibility index (Phi) is 5.60. The highest BCUT2D eigenvalue weighted by atomic mass is 79.9. The van der Waals surface area contributed by atoms with Gasteiger partial charge in [0, 0.05) is 49.1 Å². The fourth-order valence-corrected chi connectivity index (χ4v) is 2.81. The van der Waals surface area contributed by atoms with Crippen molar-refractivity contribution in [2.24, 2.45) is 0 Å². The van der Waals surface area contributed by atoms with Crippen LogP contribution in [0.4, 0.5) is 5.82 Å². The number of anilines is 1. The Morgan fingerprint density at radius 3 is 2.89 bits per heavy atom. The first-order chi connectivity index (χ1) is 9.22. The van der Waals surface area contributed by atoms with Crippen LogP contribution in [0.25, 0.3) is 0 Å². The van der Waals surface area contributed by atoms with Crippen molar-refractivity contribution in [3.05, 3.63) is 22.3 Å². The van der Waals surface area contributed by atoms with E-state index in [1.807, 2.05) is 6.20 Å². The van der Waals surface area contributed by atoms with Gasteiger partial charge in [-0.2, -0.15) is 0 Å². The van der Waals surface area contributed by atoms with Crippen molar-refractivity contribution in [1.29, 1.82) is 0 Å². The van der Waals surface area contributed by atoms with Crippen molar-refractivity contribution >= 4 is 21.7 Å². The Morgan fingerprint density at radius 1 is 1.47 bits per heavy atom. The Labute approximate surface area is 123 Å². The summed E-state index contributed by atoms with van der Waals surface area (Å²) < 4.78 is 6.47. The molecule has 1 aromatic heterocycles. The third kappa shape index (κ3) is 3.91. The van der Waals surface area contributed by atoms with Crippen molar-refractivity contribution in [2.75, 3.05) is 31.7 Å². The Bertz CT molecular complexity index is 408. The van der Waals surface area contributed by atoms with Gasteiger partial charge in [-0.3, -0.25) is 0 Å². The Morgan fingerprint density at radius 2 is 2.21 bits per heavy atom. The van der Waals surface area contributed by atoms with Gasteiger partial charge in [-0.15, -0.1) is 0 Å². The van der Waals surface area contributed by atoms with Crippen LogP contribution in [-0.4, -0.2) is 37.8 Å². The van der Waals surface area contributed by atoms with E-state index in [-0.39, 0.29) is 0 Å². The molecule has 4 nitrogen and oxygen atoms in total. The largest absolute Gasteiger partial charge is 0.381 e. The molecule has 1 N–H and O–H groups in total. The van der Waals surface area contributed by atoms with Crippen LogP contribution in [0, 0.1) is 0 Å². The fraction of sp³-hybridized carbons (Fsp3) is 0.643. The molecule has 0 atom stereocenters. The number of pyridine rings is 1. The van der Waals surface area contributed by atoms with Crippen LogP contribution in [-0.2, 0) is 11.3 Å². The smallest absolute Gasteiger partial charge is 0.133 e. The Hall–Kier alpha value is -0.650. The van der Waals surface area contributed by atoms with E-state index in [9.17, 15) is 0 Å². The van der Waals surface area contributed by atoms with Gasteiger partial charge in [-0.1, -0.05) is 6.92 Å². The normalized spacial score (nSPS) is 16.6. The molecule has 0 bridgehead atoms. The number of aromatic nitrogens is 1. The second kappa shape index (κ2) is 7.22. The average Bonchev–Trinajstić information content (AvgIpc) is 2.45. The second-order valence-electron chi connectivity index (χ2n) is 4.87. The molecule has 1 aliphatic heterocycles. The lowest BCUT2D eigenvalue weighted by molar-refractivity contribution is 0.0853. The summed E-state index contributed by atoms with van der Waals surface area (Å²) in [6.45, 7) is 5.65. The second-order valence-corrected chi connectivity index (χ2v) is 5.79. The average molecular weight is 328 g/mol. The molecule has 0 radical (unpaired) electrons. The summed E-state index contributed by atoms with van der Waals surface area (Å²) in [5.74, 6) is 1.08. The summed E-state index contributed by atoms with van der Waals surface area (Å²) in [6.07, 6.45) is 4.03. The van der Waals surface area contributed by atoms with Crippen LogP contribution < -0.4 is 10.2 Å². The number of ether oxygens (including phenoxy) is 1. The van der Waals surface area contributed by atoms with Gasteiger partial charge >= 0.3 is 0 Å². The van der Waals surface area contributed by atoms with Crippen molar-refractivity contribution < 1.29 is 4.74 Å². The van der Waals surface area contributed by atoms with Gasteiger partial charge in [-0.25, -0.2) is 4.98 Å². The van der Waals surface area contributed by atoms with Crippen LogP contribution in [0.5, 0.6) is 0 Å². The zero-order valence-corrected chi connectivity index (χ0v) is 13.2. The van der Waals surface area contributed by atoms with E-state index in [1.54, 1.807) is 0 Å². The van der Waals surface area contributed by atoms with E-state index in [0.717, 1.165) is 49.4 Å². The van der Waals surface area contributed by atoms with Crippen LogP contribution in [0.1, 0.15) is 25.3 Å². The van der Waals surface area contributed by atoms with E-state index in [1.165, 1.54) is 5.56 Å². The molecule has 1 saturated heterocycles. The van der Waals surface area contributed by atoms with Crippen molar-refractivity contribution in [3.8, 4) is 0 Å². The van der Waals surface area contributed by atoms with Crippen molar-refractivity contribution in [2.45, 2.75) is 32.4 Å². The number of nitrogens with one attached hydrogen (secondary N) is 1. The molecule has 0 saturated carbocycles. The number of hydrogen-bond donors (Lipinski definition) is 1. The van der Waals surface area contributed by atoms with Gasteiger partial charge in [-0.05, 0) is 41.4 Å². The van der Waals surface area contributed by atoms with Gasteiger partial charge in [0.05, 0.1) is 0 Å². The van der Waals surface area contributed by atoms with E-state index in [2.05, 4.69) is 51.2 Å². The summed E-state index contributed by atoms with van der Waals surface area (Å²) in [5, 5.41) is 3.38. The van der Waals surface area contributed by atoms with E-state index >= 15 is 0 Å². The van der Waals surface area contributed by atoms with Crippen molar-refractivity contribution in [1.82, 2.24) is 10.3 Å². The molecule has 0 amide bonds. The van der Waals surface area contributed by atoms with E-state index in [4.69, 9.17) is 4.74 Å². The summed E-state index contributed by atoms with van der Waals surface area (Å²) in [7, 11) is 2.14. The lowest BCUT2D eigenvalue weighted by Gasteiger charge is -2.33. The first kappa shape index (κ1) is 14.8. The molecule has 0 aromatic carbocycles. The molecular weight excluding hydrogens is 306 g/mol. The first-order valence-electron chi connectivity index (χ1n) is 6.88. The molecular formula is C14H22BrN3O. The van der Waals surface area contributed by atoms with Crippen molar-refractivity contribution in [3.63, 3.8) is 0 Å². The molecule has 1 aliphatic rings. The summed E-state index contributed by atoms with van der Waals surface area (Å²) in [6, 6.07) is 2.68. The summed E-state index contributed by atoms with van der Waals surface area (Å²) in [5.41, 5.74) is 1.24. The molecule has 106 valence electrons. The van der Waals surface area contributed by atoms with Gasteiger partial charge in [0.25, 0.3) is 0 Å². The maximum absolute atomic E-state index is 5.43. The molecule has 0 unspecified atom stereocenters. The molecule has 0 spiro atoms. The molecule has 1 fully saturated rings. The highest BCUT2D eigenvalue weighted by molar-refractivity contribution is 9.10. The molecule has 0 aliphatic carbocycles. The van der Waals surface area contributed by atoms with Crippen LogP contribution in [0.3, 0.4) is 0 Å². The number of halogens is 1. The molecule has 5 heteroatoms. The topological polar surface area (TPSA) is 37.4 Å². The fourth-order valence-electron chi connectivity index (χ4n) is 2.43. The predicted molar refractivity (Wildman–Crippen MR) is 81.6 cm³/mol. The zero-order valence-electron chi connectivity index (χ0n) is 11.7. The summed E-state index contributed by atoms with van der Waals surface area (Å²) in [4.78, 5) is 6.91. The maximum Gasteiger partial charge on any atom is 0.133 e. The van der Waals surface area contributed by atoms with Gasteiger partial charge in [0.2, 0.25) is 0 Å². The minimum absolute atomic E-state index is 0.530. The minimum atomic E-state index is 0.530. The lowest BCUT2D eigenvalue weighted by Crippen LogP contribution is -2.38. The number of nitrogens with zero attached hydrogens (tertiary/aromatic N) is 2. The molecule has 2 rings (SSSR count). The van der Waals surface area contributed by atoms with Crippen LogP contribution in [0.15, 0.2) is 16.7 Å². The third-order valence-electron chi connectivity index (χ3n) is 3.55. The van der Waals surface area contributed by atoms with Gasteiger partial charge < -0.3 is 15.0 Å². The monoisotopic (exact) mass is 327 g/mol. The van der Waals surface area contributed by atoms with Crippen LogP contribution in [0.2, 0.25) is 0 Å². The predicted octanol–water partition coefficient (Wildman–Crippen LogP) is 2.57. The number of hydrogen-bond acceptors (Lipinski definition) is 4. The lowest BCUT2D eigenvalue weighted by atomic mass is 10.1. The minimum Gasteiger partial charge on any atom is -0.381 e. The van der Waals surface area contributed by atoms with E-state index in [0.29, 0.717) is 6.04 Å².